The lowest BCUT2D eigenvalue weighted by atomic mass is 10.0. The molecular formula is C23H31ClN4O3S. The predicted molar refractivity (Wildman–Crippen MR) is 131 cm³/mol. The number of halogens is 1. The number of rotatable bonds is 8. The van der Waals surface area contributed by atoms with Crippen molar-refractivity contribution in [3.63, 3.8) is 0 Å². The number of thiophene rings is 1. The van der Waals surface area contributed by atoms with Gasteiger partial charge in [0.25, 0.3) is 5.91 Å². The van der Waals surface area contributed by atoms with E-state index in [0.717, 1.165) is 36.4 Å². The fourth-order valence-electron chi connectivity index (χ4n) is 3.55. The summed E-state index contributed by atoms with van der Waals surface area (Å²) in [6.07, 6.45) is 1.70. The van der Waals surface area contributed by atoms with Crippen molar-refractivity contribution in [1.29, 1.82) is 0 Å². The van der Waals surface area contributed by atoms with Crippen LogP contribution in [0.4, 0.5) is 15.5 Å². The van der Waals surface area contributed by atoms with Gasteiger partial charge in [0.1, 0.15) is 5.00 Å². The number of benzene rings is 1. The first-order valence-corrected chi connectivity index (χ1v) is 12.2. The van der Waals surface area contributed by atoms with E-state index < -0.39 is 0 Å². The Morgan fingerprint density at radius 2 is 1.84 bits per heavy atom. The maximum absolute atomic E-state index is 13.5. The fraction of sp³-hybridized carbons (Fsp3) is 0.478. The third kappa shape index (κ3) is 6.22. The zero-order valence-electron chi connectivity index (χ0n) is 18.9. The summed E-state index contributed by atoms with van der Waals surface area (Å²) in [5, 5.41) is 6.95. The van der Waals surface area contributed by atoms with Crippen LogP contribution in [0.2, 0.25) is 5.02 Å². The molecule has 1 fully saturated rings. The Kier molecular flexibility index (Phi) is 8.92. The van der Waals surface area contributed by atoms with Gasteiger partial charge in [0, 0.05) is 35.2 Å². The smallest absolute Gasteiger partial charge is 0.324 e. The van der Waals surface area contributed by atoms with E-state index in [1.165, 1.54) is 11.3 Å². The van der Waals surface area contributed by atoms with Gasteiger partial charge in [-0.2, -0.15) is 0 Å². The van der Waals surface area contributed by atoms with Crippen molar-refractivity contribution in [2.45, 2.75) is 33.2 Å². The van der Waals surface area contributed by atoms with Crippen LogP contribution in [0.5, 0.6) is 0 Å². The molecule has 0 radical (unpaired) electrons. The van der Waals surface area contributed by atoms with Crippen LogP contribution in [0.15, 0.2) is 24.3 Å². The number of carbonyl (C=O) groups is 2. The second-order valence-electron chi connectivity index (χ2n) is 7.78. The molecule has 0 aliphatic carbocycles. The minimum absolute atomic E-state index is 0.0415. The maximum Gasteiger partial charge on any atom is 0.324 e. The van der Waals surface area contributed by atoms with E-state index in [4.69, 9.17) is 16.3 Å². The molecule has 2 aromatic rings. The Bertz CT molecular complexity index is 926. The van der Waals surface area contributed by atoms with Gasteiger partial charge in [-0.15, -0.1) is 11.3 Å². The van der Waals surface area contributed by atoms with Crippen molar-refractivity contribution in [3.05, 3.63) is 45.3 Å². The lowest BCUT2D eigenvalue weighted by Gasteiger charge is -2.27. The second-order valence-corrected chi connectivity index (χ2v) is 9.32. The van der Waals surface area contributed by atoms with Crippen LogP contribution >= 0.6 is 22.9 Å². The molecule has 0 saturated carbocycles. The van der Waals surface area contributed by atoms with E-state index in [1.807, 2.05) is 4.90 Å². The Labute approximate surface area is 198 Å². The standard InChI is InChI=1S/C23H31ClN4O3S/c1-4-6-18-19(15-27(3)5-2)32-21(20(18)22(29)28-11-13-31-14-12-28)26-23(30)25-17-9-7-16(24)8-10-17/h7-10H,4-6,11-15H2,1-3H3,(H2,25,26,30). The van der Waals surface area contributed by atoms with Gasteiger partial charge < -0.3 is 19.9 Å². The van der Waals surface area contributed by atoms with Gasteiger partial charge in [0.2, 0.25) is 0 Å². The van der Waals surface area contributed by atoms with E-state index in [2.05, 4.69) is 36.4 Å². The Balaban J connectivity index is 1.92. The van der Waals surface area contributed by atoms with Crippen molar-refractivity contribution < 1.29 is 14.3 Å². The highest BCUT2D eigenvalue weighted by Crippen LogP contribution is 2.36. The summed E-state index contributed by atoms with van der Waals surface area (Å²) in [6, 6.07) is 6.52. The molecule has 9 heteroatoms. The molecule has 1 aliphatic heterocycles. The highest BCUT2D eigenvalue weighted by atomic mass is 35.5. The molecule has 1 aromatic carbocycles. The van der Waals surface area contributed by atoms with Crippen molar-refractivity contribution in [2.75, 3.05) is 50.5 Å². The molecule has 3 amide bonds. The minimum Gasteiger partial charge on any atom is -0.378 e. The lowest BCUT2D eigenvalue weighted by Crippen LogP contribution is -2.41. The number of anilines is 2. The van der Waals surface area contributed by atoms with Crippen LogP contribution in [0.3, 0.4) is 0 Å². The normalized spacial score (nSPS) is 14.0. The van der Waals surface area contributed by atoms with E-state index in [1.54, 1.807) is 24.3 Å². The Morgan fingerprint density at radius 1 is 1.16 bits per heavy atom. The number of carbonyl (C=O) groups excluding carboxylic acids is 2. The first-order valence-electron chi connectivity index (χ1n) is 11.0. The first kappa shape index (κ1) is 24.5. The van der Waals surface area contributed by atoms with Crippen molar-refractivity contribution >= 4 is 45.6 Å². The average molecular weight is 479 g/mol. The topological polar surface area (TPSA) is 73.9 Å². The summed E-state index contributed by atoms with van der Waals surface area (Å²) < 4.78 is 5.42. The van der Waals surface area contributed by atoms with Gasteiger partial charge in [0.05, 0.1) is 18.8 Å². The molecule has 2 heterocycles. The quantitative estimate of drug-likeness (QED) is 0.564. The van der Waals surface area contributed by atoms with E-state index in [0.29, 0.717) is 47.6 Å². The van der Waals surface area contributed by atoms with Gasteiger partial charge in [-0.1, -0.05) is 31.9 Å². The molecule has 1 aliphatic rings. The summed E-state index contributed by atoms with van der Waals surface area (Å²) in [5.74, 6) is -0.0415. The Hall–Kier alpha value is -2.13. The summed E-state index contributed by atoms with van der Waals surface area (Å²) in [4.78, 5) is 31.4. The SMILES string of the molecule is CCCc1c(CN(C)CC)sc(NC(=O)Nc2ccc(Cl)cc2)c1C(=O)N1CCOCC1. The molecule has 0 bridgehead atoms. The predicted octanol–water partition coefficient (Wildman–Crippen LogP) is 4.92. The number of ether oxygens (including phenoxy) is 1. The van der Waals surface area contributed by atoms with Gasteiger partial charge in [-0.25, -0.2) is 4.79 Å². The van der Waals surface area contributed by atoms with Crippen molar-refractivity contribution in [3.8, 4) is 0 Å². The fourth-order valence-corrected chi connectivity index (χ4v) is 4.99. The van der Waals surface area contributed by atoms with E-state index >= 15 is 0 Å². The number of hydrogen-bond donors (Lipinski definition) is 2. The summed E-state index contributed by atoms with van der Waals surface area (Å²) in [7, 11) is 2.05. The van der Waals surface area contributed by atoms with Crippen LogP contribution < -0.4 is 10.6 Å². The van der Waals surface area contributed by atoms with Crippen molar-refractivity contribution in [1.82, 2.24) is 9.80 Å². The van der Waals surface area contributed by atoms with Crippen LogP contribution in [0.25, 0.3) is 0 Å². The summed E-state index contributed by atoms with van der Waals surface area (Å²) in [6.45, 7) is 8.02. The molecule has 1 aromatic heterocycles. The summed E-state index contributed by atoms with van der Waals surface area (Å²) in [5.41, 5.74) is 2.28. The van der Waals surface area contributed by atoms with Crippen LogP contribution in [-0.4, -0.2) is 61.6 Å². The molecule has 7 nitrogen and oxygen atoms in total. The molecule has 2 N–H and O–H groups in total. The molecule has 32 heavy (non-hydrogen) atoms. The van der Waals surface area contributed by atoms with Crippen LogP contribution in [0.1, 0.15) is 41.1 Å². The van der Waals surface area contributed by atoms with Crippen LogP contribution in [0, 0.1) is 0 Å². The third-order valence-electron chi connectivity index (χ3n) is 5.39. The van der Waals surface area contributed by atoms with Gasteiger partial charge in [-0.3, -0.25) is 10.1 Å². The van der Waals surface area contributed by atoms with Gasteiger partial charge in [0.15, 0.2) is 0 Å². The monoisotopic (exact) mass is 478 g/mol. The van der Waals surface area contributed by atoms with Crippen molar-refractivity contribution in [2.24, 2.45) is 0 Å². The molecule has 0 spiro atoms. The largest absolute Gasteiger partial charge is 0.378 e. The Morgan fingerprint density at radius 3 is 2.47 bits per heavy atom. The molecule has 0 atom stereocenters. The first-order chi connectivity index (χ1) is 15.4. The molecule has 1 saturated heterocycles. The average Bonchev–Trinajstić information content (AvgIpc) is 3.11. The zero-order chi connectivity index (χ0) is 23.1. The number of nitrogens with one attached hydrogen (secondary N) is 2. The molecule has 174 valence electrons. The van der Waals surface area contributed by atoms with E-state index in [9.17, 15) is 9.59 Å². The second kappa shape index (κ2) is 11.7. The van der Waals surface area contributed by atoms with E-state index in [-0.39, 0.29) is 11.9 Å². The minimum atomic E-state index is -0.386. The zero-order valence-corrected chi connectivity index (χ0v) is 20.4. The van der Waals surface area contributed by atoms with Gasteiger partial charge >= 0.3 is 6.03 Å². The molecular weight excluding hydrogens is 448 g/mol. The number of hydrogen-bond acceptors (Lipinski definition) is 5. The number of nitrogens with zero attached hydrogens (tertiary/aromatic N) is 2. The molecule has 3 rings (SSSR count). The highest BCUT2D eigenvalue weighted by Gasteiger charge is 2.29. The van der Waals surface area contributed by atoms with Gasteiger partial charge in [-0.05, 0) is 49.8 Å². The third-order valence-corrected chi connectivity index (χ3v) is 6.77. The number of amides is 3. The maximum atomic E-state index is 13.5. The number of urea groups is 1. The lowest BCUT2D eigenvalue weighted by molar-refractivity contribution is 0.0303. The number of morpholine rings is 1. The summed E-state index contributed by atoms with van der Waals surface area (Å²) >= 11 is 7.42. The highest BCUT2D eigenvalue weighted by molar-refractivity contribution is 7.17. The van der Waals surface area contributed by atoms with Crippen LogP contribution in [-0.2, 0) is 17.7 Å². The molecule has 0 unspecified atom stereocenters.